The number of rotatable bonds is 6. The number of aromatic nitrogens is 4. The maximum atomic E-state index is 13.8. The van der Waals surface area contributed by atoms with Gasteiger partial charge in [-0.05, 0) is 91.8 Å². The Morgan fingerprint density at radius 1 is 1.06 bits per heavy atom. The second kappa shape index (κ2) is 9.84. The molecule has 0 aliphatic heterocycles. The molecule has 178 valence electrons. The van der Waals surface area contributed by atoms with Crippen molar-refractivity contribution in [3.63, 3.8) is 0 Å². The number of nitrogens with one attached hydrogen (secondary N) is 2. The number of pyridine rings is 1. The second-order valence-electron chi connectivity index (χ2n) is 7.49. The number of carbonyl (C=O) groups is 1. The lowest BCUT2D eigenvalue weighted by atomic mass is 10.1. The lowest BCUT2D eigenvalue weighted by Gasteiger charge is -2.13. The number of carbonyl (C=O) groups excluding carboxylic acids is 1. The maximum absolute atomic E-state index is 13.8. The van der Waals surface area contributed by atoms with Crippen LogP contribution < -0.4 is 10.6 Å². The van der Waals surface area contributed by atoms with E-state index in [4.69, 9.17) is 20.6 Å². The third kappa shape index (κ3) is 5.15. The van der Waals surface area contributed by atoms with Crippen molar-refractivity contribution in [3.8, 4) is 16.9 Å². The van der Waals surface area contributed by atoms with Gasteiger partial charge in [-0.15, -0.1) is 0 Å². The fourth-order valence-corrected chi connectivity index (χ4v) is 3.12. The first-order valence-electron chi connectivity index (χ1n) is 17.9. The Morgan fingerprint density at radius 3 is 2.81 bits per heavy atom. The van der Waals surface area contributed by atoms with E-state index in [1.165, 1.54) is 11.5 Å². The summed E-state index contributed by atoms with van der Waals surface area (Å²) in [6.45, 7) is 0.0491. The number of amides is 1. The zero-order valence-electron chi connectivity index (χ0n) is 33.9. The van der Waals surface area contributed by atoms with Crippen molar-refractivity contribution in [1.82, 2.24) is 19.5 Å². The van der Waals surface area contributed by atoms with E-state index in [1.807, 2.05) is 0 Å². The summed E-state index contributed by atoms with van der Waals surface area (Å²) in [6, 6.07) is -4.33. The largest absolute Gasteiger partial charge is 0.324 e. The van der Waals surface area contributed by atoms with Crippen LogP contribution in [0.5, 0.6) is 0 Å². The lowest BCUT2D eigenvalue weighted by molar-refractivity contribution is 0.102. The molecule has 0 radical (unpaired) electrons. The van der Waals surface area contributed by atoms with Crippen molar-refractivity contribution in [2.75, 3.05) is 10.6 Å². The summed E-state index contributed by atoms with van der Waals surface area (Å²) in [4.78, 5) is 25.2. The number of hydrogen-bond acceptors (Lipinski definition) is 5. The Morgan fingerprint density at radius 2 is 1.97 bits per heavy atom. The molecular formula is C29H26N6O. The molecule has 0 saturated carbocycles. The number of benzene rings is 2. The van der Waals surface area contributed by atoms with Crippen LogP contribution in [0.15, 0.2) is 91.4 Å². The fraction of sp³-hybridized carbons (Fsp3) is 0.103. The van der Waals surface area contributed by atoms with E-state index < -0.39 is 114 Å². The van der Waals surface area contributed by atoms with E-state index >= 15 is 0 Å². The predicted molar refractivity (Wildman–Crippen MR) is 143 cm³/mol. The van der Waals surface area contributed by atoms with Gasteiger partial charge in [0, 0.05) is 63.2 Å². The van der Waals surface area contributed by atoms with Gasteiger partial charge in [0.2, 0.25) is 5.95 Å². The Bertz CT molecular complexity index is 2290. The molecule has 0 bridgehead atoms. The molecule has 2 aromatic carbocycles. The zero-order chi connectivity index (χ0) is 38.0. The second-order valence-corrected chi connectivity index (χ2v) is 7.49. The quantitative estimate of drug-likeness (QED) is 0.294. The Hall–Kier alpha value is -4.78. The van der Waals surface area contributed by atoms with Crippen LogP contribution in [0.25, 0.3) is 16.9 Å². The third-order valence-corrected chi connectivity index (χ3v) is 4.73. The smallest absolute Gasteiger partial charge is 0.255 e. The minimum atomic E-state index is -3.17. The molecule has 2 N–H and O–H groups in total. The average molecular weight is 490 g/mol. The van der Waals surface area contributed by atoms with Gasteiger partial charge in [0.1, 0.15) is 0 Å². The van der Waals surface area contributed by atoms with Gasteiger partial charge in [0.15, 0.2) is 0 Å². The van der Waals surface area contributed by atoms with Gasteiger partial charge in [0.25, 0.3) is 5.91 Å². The van der Waals surface area contributed by atoms with Gasteiger partial charge in [-0.3, -0.25) is 9.78 Å². The van der Waals surface area contributed by atoms with Crippen LogP contribution in [0.2, 0.25) is 0 Å². The Labute approximate surface area is 231 Å². The summed E-state index contributed by atoms with van der Waals surface area (Å²) < 4.78 is 126. The van der Waals surface area contributed by atoms with E-state index in [1.54, 1.807) is 25.4 Å². The van der Waals surface area contributed by atoms with E-state index in [0.29, 0.717) is 0 Å². The summed E-state index contributed by atoms with van der Waals surface area (Å²) in [5, 5.41) is 4.74. The Balaban J connectivity index is 1.69. The van der Waals surface area contributed by atoms with Gasteiger partial charge in [-0.2, -0.15) is 0 Å². The standard InChI is InChI=1S/C29H26N6O/c1-19-9-12-35(18-19)25-14-20(2)13-24(16-25)32-28(36)22-7-6-21(3)27(15-22)34-29-31-11-8-26(33-29)23-5-4-10-30-17-23/h4-18H,1-3H3,(H,32,36)(H,31,33,34)/i3D3,4D,5D,6D,7D,8D,10D,11D,13D,14D,15D,16D,17D. The molecule has 0 saturated heterocycles. The molecule has 0 fully saturated rings. The number of anilines is 3. The van der Waals surface area contributed by atoms with Crippen molar-refractivity contribution >= 4 is 23.2 Å². The summed E-state index contributed by atoms with van der Waals surface area (Å²) in [5.74, 6) is -1.94. The van der Waals surface area contributed by atoms with Gasteiger partial charge in [0.05, 0.1) is 22.1 Å². The molecule has 7 nitrogen and oxygen atoms in total. The van der Waals surface area contributed by atoms with Crippen molar-refractivity contribution in [2.45, 2.75) is 20.7 Å². The van der Waals surface area contributed by atoms with Crippen molar-refractivity contribution < 1.29 is 25.4 Å². The van der Waals surface area contributed by atoms with Crippen LogP contribution in [0.3, 0.4) is 0 Å². The highest BCUT2D eigenvalue weighted by Crippen LogP contribution is 2.24. The fourth-order valence-electron chi connectivity index (χ4n) is 3.12. The first-order chi connectivity index (χ1) is 23.7. The minimum absolute atomic E-state index is 0.0270. The van der Waals surface area contributed by atoms with Crippen LogP contribution in [-0.2, 0) is 0 Å². The molecule has 0 spiro atoms. The van der Waals surface area contributed by atoms with Crippen LogP contribution >= 0.6 is 0 Å². The maximum Gasteiger partial charge on any atom is 0.255 e. The number of nitrogens with zero attached hydrogens (tertiary/aromatic N) is 4. The van der Waals surface area contributed by atoms with Crippen LogP contribution in [0.4, 0.5) is 17.3 Å². The van der Waals surface area contributed by atoms with E-state index in [9.17, 15) is 4.79 Å². The van der Waals surface area contributed by atoms with E-state index in [-0.39, 0.29) is 23.0 Å². The molecule has 5 aromatic rings. The normalized spacial score (nSPS) is 17.0. The highest BCUT2D eigenvalue weighted by atomic mass is 16.1. The molecule has 7 heteroatoms. The first kappa shape index (κ1) is 11.3. The van der Waals surface area contributed by atoms with Gasteiger partial charge >= 0.3 is 0 Å². The monoisotopic (exact) mass is 489 g/mol. The summed E-state index contributed by atoms with van der Waals surface area (Å²) in [6.07, 6.45) is 0.996. The zero-order valence-corrected chi connectivity index (χ0v) is 18.9. The van der Waals surface area contributed by atoms with E-state index in [2.05, 4.69) is 25.6 Å². The molecule has 0 unspecified atom stereocenters. The van der Waals surface area contributed by atoms with Gasteiger partial charge in [-0.1, -0.05) is 6.04 Å². The molecule has 0 aliphatic rings. The summed E-state index contributed by atoms with van der Waals surface area (Å²) in [7, 11) is 0. The van der Waals surface area contributed by atoms with Crippen molar-refractivity contribution in [1.29, 1.82) is 0 Å². The van der Waals surface area contributed by atoms with Crippen LogP contribution in [0.1, 0.15) is 47.6 Å². The van der Waals surface area contributed by atoms with Crippen molar-refractivity contribution in [3.05, 3.63) is 114 Å². The van der Waals surface area contributed by atoms with Crippen molar-refractivity contribution in [2.24, 2.45) is 0 Å². The first-order valence-corrected chi connectivity index (χ1v) is 10.4. The lowest BCUT2D eigenvalue weighted by Crippen LogP contribution is -2.13. The molecule has 3 heterocycles. The predicted octanol–water partition coefficient (Wildman–Crippen LogP) is 6.25. The van der Waals surface area contributed by atoms with Crippen LogP contribution in [0, 0.1) is 20.7 Å². The molecule has 1 amide bonds. The summed E-state index contributed by atoms with van der Waals surface area (Å²) >= 11 is 0. The van der Waals surface area contributed by atoms with E-state index in [0.717, 1.165) is 5.56 Å². The highest BCUT2D eigenvalue weighted by molar-refractivity contribution is 6.05. The molecule has 0 aliphatic carbocycles. The average Bonchev–Trinajstić information content (AvgIpc) is 3.46. The highest BCUT2D eigenvalue weighted by Gasteiger charge is 2.12. The molecule has 0 atom stereocenters. The molecule has 5 rings (SSSR count). The molecule has 3 aromatic heterocycles. The number of aryl methyl sites for hydroxylation is 1. The van der Waals surface area contributed by atoms with Crippen LogP contribution in [-0.4, -0.2) is 25.4 Å². The minimum Gasteiger partial charge on any atom is -0.324 e. The summed E-state index contributed by atoms with van der Waals surface area (Å²) in [5.41, 5.74) is -3.05. The van der Waals surface area contributed by atoms with Gasteiger partial charge in [-0.25, -0.2) is 9.97 Å². The topological polar surface area (TPSA) is 84.7 Å². The number of hydrogen-bond donors (Lipinski definition) is 2. The molecule has 36 heavy (non-hydrogen) atoms. The van der Waals surface area contributed by atoms with Gasteiger partial charge < -0.3 is 15.2 Å². The third-order valence-electron chi connectivity index (χ3n) is 4.73. The Kier molecular flexibility index (Phi) is 3.09. The molecular weight excluding hydrogens is 448 g/mol. The SMILES string of the molecule is [2H]c1nc(Nc2c([2H])c(C(=O)Nc3c([2H])c(C)c([2H])c(-n4ccc(C)c4)c3[2H])c([2H])c([2H])c2C([2H])([2H])[2H])nc(-c2c([2H])nc([2H])c([2H])c2[2H])c1[2H].